The summed E-state index contributed by atoms with van der Waals surface area (Å²) >= 11 is 5.99. The van der Waals surface area contributed by atoms with Gasteiger partial charge in [0, 0.05) is 5.02 Å². The molecule has 0 aromatic heterocycles. The average Bonchev–Trinajstić information content (AvgIpc) is 2.47. The van der Waals surface area contributed by atoms with Crippen LogP contribution in [0.1, 0.15) is 29.2 Å². The number of hydrogen-bond acceptors (Lipinski definition) is 2. The summed E-state index contributed by atoms with van der Waals surface area (Å²) in [7, 11) is 1.65. The van der Waals surface area contributed by atoms with Gasteiger partial charge in [-0.05, 0) is 60.7 Å². The Kier molecular flexibility index (Phi) is 5.05. The molecule has 0 bridgehead atoms. The molecule has 0 saturated heterocycles. The van der Waals surface area contributed by atoms with E-state index < -0.39 is 6.10 Å². The molecule has 1 unspecified atom stereocenters. The van der Waals surface area contributed by atoms with Gasteiger partial charge >= 0.3 is 0 Å². The highest BCUT2D eigenvalue weighted by atomic mass is 35.5. The van der Waals surface area contributed by atoms with E-state index >= 15 is 0 Å². The van der Waals surface area contributed by atoms with Gasteiger partial charge in [-0.3, -0.25) is 0 Å². The van der Waals surface area contributed by atoms with Crippen molar-refractivity contribution in [2.75, 3.05) is 7.11 Å². The van der Waals surface area contributed by atoms with Crippen molar-refractivity contribution in [3.05, 3.63) is 64.2 Å². The molecule has 3 heteroatoms. The van der Waals surface area contributed by atoms with Crippen LogP contribution in [0.25, 0.3) is 0 Å². The zero-order valence-corrected chi connectivity index (χ0v) is 12.5. The fourth-order valence-electron chi connectivity index (χ4n) is 2.22. The molecule has 2 nitrogen and oxygen atoms in total. The number of rotatable bonds is 5. The van der Waals surface area contributed by atoms with E-state index in [4.69, 9.17) is 16.3 Å². The first-order valence-corrected chi connectivity index (χ1v) is 7.05. The monoisotopic (exact) mass is 290 g/mol. The highest BCUT2D eigenvalue weighted by Crippen LogP contribution is 2.25. The number of aryl methyl sites for hydroxylation is 2. The van der Waals surface area contributed by atoms with Crippen molar-refractivity contribution >= 4 is 11.6 Å². The normalized spacial score (nSPS) is 12.2. The van der Waals surface area contributed by atoms with E-state index in [1.165, 1.54) is 5.56 Å². The quantitative estimate of drug-likeness (QED) is 0.888. The Bertz CT molecular complexity index is 564. The number of ether oxygens (including phenoxy) is 1. The average molecular weight is 291 g/mol. The summed E-state index contributed by atoms with van der Waals surface area (Å²) in [5, 5.41) is 11.0. The number of hydrogen-bond donors (Lipinski definition) is 1. The predicted molar refractivity (Wildman–Crippen MR) is 82.5 cm³/mol. The lowest BCUT2D eigenvalue weighted by Gasteiger charge is -2.14. The second-order valence-electron chi connectivity index (χ2n) is 4.90. The molecule has 0 aliphatic rings. The summed E-state index contributed by atoms with van der Waals surface area (Å²) in [6.45, 7) is 1.99. The minimum Gasteiger partial charge on any atom is -0.497 e. The molecule has 0 spiro atoms. The molecule has 2 aromatic carbocycles. The van der Waals surface area contributed by atoms with Gasteiger partial charge in [0.25, 0.3) is 0 Å². The van der Waals surface area contributed by atoms with E-state index in [2.05, 4.69) is 0 Å². The maximum atomic E-state index is 10.3. The van der Waals surface area contributed by atoms with Crippen molar-refractivity contribution < 1.29 is 9.84 Å². The first-order valence-electron chi connectivity index (χ1n) is 6.67. The van der Waals surface area contributed by atoms with Crippen molar-refractivity contribution in [1.82, 2.24) is 0 Å². The third-order valence-corrected chi connectivity index (χ3v) is 3.70. The summed E-state index contributed by atoms with van der Waals surface area (Å²) in [6.07, 6.45) is 1.00. The Labute approximate surface area is 125 Å². The number of benzene rings is 2. The van der Waals surface area contributed by atoms with Gasteiger partial charge in [0.2, 0.25) is 0 Å². The number of aliphatic hydroxyl groups excluding tert-OH is 1. The Hall–Kier alpha value is -1.51. The van der Waals surface area contributed by atoms with Crippen LogP contribution in [0.15, 0.2) is 42.5 Å². The van der Waals surface area contributed by atoms with Crippen LogP contribution in [0.5, 0.6) is 5.75 Å². The largest absolute Gasteiger partial charge is 0.497 e. The van der Waals surface area contributed by atoms with Crippen LogP contribution in [0.2, 0.25) is 5.02 Å². The molecular weight excluding hydrogens is 272 g/mol. The van der Waals surface area contributed by atoms with Crippen LogP contribution in [0.3, 0.4) is 0 Å². The maximum Gasteiger partial charge on any atom is 0.118 e. The van der Waals surface area contributed by atoms with Gasteiger partial charge in [-0.15, -0.1) is 0 Å². The smallest absolute Gasteiger partial charge is 0.118 e. The third-order valence-electron chi connectivity index (χ3n) is 3.47. The Morgan fingerprint density at radius 2 is 1.85 bits per heavy atom. The molecule has 1 N–H and O–H groups in total. The van der Waals surface area contributed by atoms with E-state index in [1.807, 2.05) is 49.4 Å². The first kappa shape index (κ1) is 14.9. The highest BCUT2D eigenvalue weighted by Gasteiger charge is 2.11. The highest BCUT2D eigenvalue weighted by molar-refractivity contribution is 6.30. The molecule has 0 amide bonds. The van der Waals surface area contributed by atoms with Gasteiger partial charge in [0.15, 0.2) is 0 Å². The standard InChI is InChI=1S/C17H19ClO2/c1-12-3-7-14(18)11-16(12)17(19)10-6-13-4-8-15(20-2)9-5-13/h3-5,7-9,11,17,19H,6,10H2,1-2H3. The molecule has 2 rings (SSSR count). The zero-order chi connectivity index (χ0) is 14.5. The Morgan fingerprint density at radius 3 is 2.50 bits per heavy atom. The molecule has 20 heavy (non-hydrogen) atoms. The minimum absolute atomic E-state index is 0.490. The lowest BCUT2D eigenvalue weighted by atomic mass is 9.98. The number of halogens is 1. The third kappa shape index (κ3) is 3.75. The second kappa shape index (κ2) is 6.78. The van der Waals surface area contributed by atoms with E-state index in [9.17, 15) is 5.11 Å². The van der Waals surface area contributed by atoms with Crippen LogP contribution in [-0.4, -0.2) is 12.2 Å². The van der Waals surface area contributed by atoms with Gasteiger partial charge in [-0.2, -0.15) is 0 Å². The van der Waals surface area contributed by atoms with Crippen LogP contribution >= 0.6 is 11.6 Å². The van der Waals surface area contributed by atoms with Crippen molar-refractivity contribution in [2.24, 2.45) is 0 Å². The van der Waals surface area contributed by atoms with Crippen molar-refractivity contribution in [3.8, 4) is 5.75 Å². The molecule has 0 saturated carbocycles. The van der Waals surface area contributed by atoms with E-state index in [1.54, 1.807) is 7.11 Å². The fourth-order valence-corrected chi connectivity index (χ4v) is 2.40. The maximum absolute atomic E-state index is 10.3. The summed E-state index contributed by atoms with van der Waals surface area (Å²) in [5.74, 6) is 0.847. The van der Waals surface area contributed by atoms with E-state index in [0.717, 1.165) is 23.3 Å². The molecule has 2 aromatic rings. The van der Waals surface area contributed by atoms with Gasteiger partial charge < -0.3 is 9.84 Å². The lowest BCUT2D eigenvalue weighted by Crippen LogP contribution is -2.02. The molecular formula is C17H19ClO2. The molecule has 0 aliphatic heterocycles. The summed E-state index contributed by atoms with van der Waals surface area (Å²) in [5.41, 5.74) is 3.16. The fraction of sp³-hybridized carbons (Fsp3) is 0.294. The topological polar surface area (TPSA) is 29.5 Å². The SMILES string of the molecule is COc1ccc(CCC(O)c2cc(Cl)ccc2C)cc1. The van der Waals surface area contributed by atoms with Gasteiger partial charge in [-0.1, -0.05) is 29.8 Å². The van der Waals surface area contributed by atoms with E-state index in [0.29, 0.717) is 11.4 Å². The molecule has 0 aliphatic carbocycles. The molecule has 1 atom stereocenters. The number of methoxy groups -OCH3 is 1. The molecule has 106 valence electrons. The van der Waals surface area contributed by atoms with E-state index in [-0.39, 0.29) is 0 Å². The summed E-state index contributed by atoms with van der Waals surface area (Å²) < 4.78 is 5.13. The number of aliphatic hydroxyl groups is 1. The van der Waals surface area contributed by atoms with Crippen LogP contribution in [0, 0.1) is 6.92 Å². The van der Waals surface area contributed by atoms with Crippen LogP contribution in [-0.2, 0) is 6.42 Å². The Morgan fingerprint density at radius 1 is 1.15 bits per heavy atom. The lowest BCUT2D eigenvalue weighted by molar-refractivity contribution is 0.167. The van der Waals surface area contributed by atoms with Crippen molar-refractivity contribution in [2.45, 2.75) is 25.9 Å². The zero-order valence-electron chi connectivity index (χ0n) is 11.8. The van der Waals surface area contributed by atoms with Gasteiger partial charge in [0.05, 0.1) is 13.2 Å². The molecule has 0 heterocycles. The van der Waals surface area contributed by atoms with Gasteiger partial charge in [-0.25, -0.2) is 0 Å². The van der Waals surface area contributed by atoms with Crippen molar-refractivity contribution in [3.63, 3.8) is 0 Å². The molecule has 0 fully saturated rings. The molecule has 0 radical (unpaired) electrons. The van der Waals surface area contributed by atoms with Crippen molar-refractivity contribution in [1.29, 1.82) is 0 Å². The second-order valence-corrected chi connectivity index (χ2v) is 5.34. The van der Waals surface area contributed by atoms with Crippen LogP contribution in [0.4, 0.5) is 0 Å². The summed E-state index contributed by atoms with van der Waals surface area (Å²) in [4.78, 5) is 0. The minimum atomic E-state index is -0.490. The predicted octanol–water partition coefficient (Wildman–Crippen LogP) is 4.32. The van der Waals surface area contributed by atoms with Gasteiger partial charge in [0.1, 0.15) is 5.75 Å². The van der Waals surface area contributed by atoms with Crippen LogP contribution < -0.4 is 4.74 Å². The Balaban J connectivity index is 2.00. The summed E-state index contributed by atoms with van der Waals surface area (Å²) in [6, 6.07) is 13.5. The first-order chi connectivity index (χ1) is 9.60.